The smallest absolute Gasteiger partial charge is 0.160 e. The van der Waals surface area contributed by atoms with Crippen molar-refractivity contribution in [3.8, 4) is 73.0 Å². The predicted octanol–water partition coefficient (Wildman–Crippen LogP) is 16.5. The van der Waals surface area contributed by atoms with Gasteiger partial charge in [-0.3, -0.25) is 0 Å². The standard InChI is InChI=1S/C63H43N3/c1-63(2)54-27-16-26-52(61(54)53-37-43-19-6-7-20-44(43)38-55(53)63)48-35-36-49(47-23-9-8-22-46(47)48)57-39-56(64-62(65-57)42-17-4-3-5-18-42)41-33-31-40(32-34-41)45-21-10-13-28-58(45)66-59-29-14-11-24-50(59)51-25-12-15-30-60(51)66/h3-39H,1-2H3. The summed E-state index contributed by atoms with van der Waals surface area (Å²) in [5.74, 6) is 0.698. The number of hydrogen-bond acceptors (Lipinski definition) is 2. The third kappa shape index (κ3) is 5.90. The lowest BCUT2D eigenvalue weighted by Gasteiger charge is -2.22. The largest absolute Gasteiger partial charge is 0.309 e. The summed E-state index contributed by atoms with van der Waals surface area (Å²) >= 11 is 0. The Balaban J connectivity index is 0.940. The van der Waals surface area contributed by atoms with E-state index in [0.717, 1.165) is 44.7 Å². The topological polar surface area (TPSA) is 30.7 Å². The van der Waals surface area contributed by atoms with Crippen molar-refractivity contribution in [2.24, 2.45) is 0 Å². The highest BCUT2D eigenvalue weighted by atomic mass is 15.0. The molecule has 1 aliphatic rings. The first kappa shape index (κ1) is 38.1. The van der Waals surface area contributed by atoms with Crippen LogP contribution in [-0.4, -0.2) is 14.5 Å². The van der Waals surface area contributed by atoms with Crippen LogP contribution in [0.5, 0.6) is 0 Å². The van der Waals surface area contributed by atoms with E-state index in [4.69, 9.17) is 9.97 Å². The minimum atomic E-state index is -0.125. The van der Waals surface area contributed by atoms with Crippen molar-refractivity contribution >= 4 is 43.4 Å². The SMILES string of the molecule is CC1(C)c2cc3ccccc3cc2-c2c(-c3ccc(-c4cc(-c5ccc(-c6ccccc6-n6c7ccccc7c7ccccc76)cc5)nc(-c5ccccc5)n4)c4ccccc34)cccc21. The average Bonchev–Trinajstić information content (AvgIpc) is 3.83. The van der Waals surface area contributed by atoms with Crippen LogP contribution in [0.1, 0.15) is 25.0 Å². The fourth-order valence-electron chi connectivity index (χ4n) is 10.8. The molecule has 2 aromatic heterocycles. The van der Waals surface area contributed by atoms with Gasteiger partial charge in [0.15, 0.2) is 5.82 Å². The van der Waals surface area contributed by atoms with Gasteiger partial charge in [-0.25, -0.2) is 9.97 Å². The van der Waals surface area contributed by atoms with E-state index >= 15 is 0 Å². The van der Waals surface area contributed by atoms with Crippen LogP contribution in [0.15, 0.2) is 224 Å². The molecule has 13 rings (SSSR count). The van der Waals surface area contributed by atoms with Crippen LogP contribution < -0.4 is 0 Å². The van der Waals surface area contributed by atoms with Crippen LogP contribution in [0.25, 0.3) is 116 Å². The number of rotatable bonds is 6. The molecule has 12 aromatic rings. The van der Waals surface area contributed by atoms with Gasteiger partial charge in [0, 0.05) is 38.4 Å². The summed E-state index contributed by atoms with van der Waals surface area (Å²) in [6, 6.07) is 81.3. The first-order valence-electron chi connectivity index (χ1n) is 22.8. The summed E-state index contributed by atoms with van der Waals surface area (Å²) in [4.78, 5) is 10.6. The maximum absolute atomic E-state index is 5.33. The number of hydrogen-bond donors (Lipinski definition) is 0. The molecule has 3 heteroatoms. The maximum Gasteiger partial charge on any atom is 0.160 e. The highest BCUT2D eigenvalue weighted by molar-refractivity contribution is 6.11. The van der Waals surface area contributed by atoms with Crippen LogP contribution in [-0.2, 0) is 5.41 Å². The van der Waals surface area contributed by atoms with E-state index in [2.05, 4.69) is 237 Å². The summed E-state index contributed by atoms with van der Waals surface area (Å²) in [6.07, 6.45) is 0. The molecule has 0 unspecified atom stereocenters. The zero-order valence-electron chi connectivity index (χ0n) is 36.7. The van der Waals surface area contributed by atoms with Crippen molar-refractivity contribution in [1.82, 2.24) is 14.5 Å². The molecule has 310 valence electrons. The van der Waals surface area contributed by atoms with E-state index in [1.807, 2.05) is 6.07 Å². The zero-order chi connectivity index (χ0) is 43.9. The second kappa shape index (κ2) is 14.8. The molecule has 0 saturated carbocycles. The van der Waals surface area contributed by atoms with Gasteiger partial charge < -0.3 is 4.57 Å². The monoisotopic (exact) mass is 841 g/mol. The number of para-hydroxylation sites is 3. The summed E-state index contributed by atoms with van der Waals surface area (Å²) in [7, 11) is 0. The molecule has 66 heavy (non-hydrogen) atoms. The Morgan fingerprint density at radius 3 is 1.65 bits per heavy atom. The molecule has 0 spiro atoms. The second-order valence-electron chi connectivity index (χ2n) is 18.1. The minimum absolute atomic E-state index is 0.125. The minimum Gasteiger partial charge on any atom is -0.309 e. The van der Waals surface area contributed by atoms with Crippen LogP contribution >= 0.6 is 0 Å². The van der Waals surface area contributed by atoms with E-state index in [1.54, 1.807) is 0 Å². The van der Waals surface area contributed by atoms with Gasteiger partial charge >= 0.3 is 0 Å². The van der Waals surface area contributed by atoms with Crippen LogP contribution in [0, 0.1) is 0 Å². The fraction of sp³-hybridized carbons (Fsp3) is 0.0476. The average molecular weight is 842 g/mol. The zero-order valence-corrected chi connectivity index (χ0v) is 36.7. The lowest BCUT2D eigenvalue weighted by Crippen LogP contribution is -2.14. The number of benzene rings is 10. The molecule has 0 N–H and O–H groups in total. The van der Waals surface area contributed by atoms with Crippen LogP contribution in [0.3, 0.4) is 0 Å². The van der Waals surface area contributed by atoms with E-state index in [0.29, 0.717) is 5.82 Å². The van der Waals surface area contributed by atoms with Gasteiger partial charge in [-0.1, -0.05) is 202 Å². The molecule has 0 bridgehead atoms. The molecule has 0 saturated heterocycles. The van der Waals surface area contributed by atoms with Gasteiger partial charge in [0.25, 0.3) is 0 Å². The number of nitrogens with zero attached hydrogens (tertiary/aromatic N) is 3. The van der Waals surface area contributed by atoms with Crippen molar-refractivity contribution in [1.29, 1.82) is 0 Å². The molecule has 0 amide bonds. The van der Waals surface area contributed by atoms with Crippen LogP contribution in [0.4, 0.5) is 0 Å². The fourth-order valence-corrected chi connectivity index (χ4v) is 10.8. The summed E-state index contributed by atoms with van der Waals surface area (Å²) in [5, 5.41) is 7.41. The molecule has 3 nitrogen and oxygen atoms in total. The lowest BCUT2D eigenvalue weighted by molar-refractivity contribution is 0.661. The van der Waals surface area contributed by atoms with E-state index in [1.165, 1.54) is 76.9 Å². The molecule has 0 atom stereocenters. The van der Waals surface area contributed by atoms with E-state index in [9.17, 15) is 0 Å². The van der Waals surface area contributed by atoms with Gasteiger partial charge in [0.2, 0.25) is 0 Å². The third-order valence-corrected chi connectivity index (χ3v) is 14.0. The molecule has 1 aliphatic carbocycles. The van der Waals surface area contributed by atoms with Crippen molar-refractivity contribution in [3.05, 3.63) is 236 Å². The van der Waals surface area contributed by atoms with Crippen molar-refractivity contribution in [3.63, 3.8) is 0 Å². The van der Waals surface area contributed by atoms with Crippen LogP contribution in [0.2, 0.25) is 0 Å². The lowest BCUT2D eigenvalue weighted by atomic mass is 9.81. The maximum atomic E-state index is 5.33. The summed E-state index contributed by atoms with van der Waals surface area (Å²) in [5.41, 5.74) is 18.5. The quantitative estimate of drug-likeness (QED) is 0.167. The molecule has 2 heterocycles. The molecular weight excluding hydrogens is 799 g/mol. The van der Waals surface area contributed by atoms with E-state index < -0.39 is 0 Å². The number of fused-ring (bicyclic) bond motifs is 8. The molecule has 10 aromatic carbocycles. The van der Waals surface area contributed by atoms with Crippen molar-refractivity contribution in [2.45, 2.75) is 19.3 Å². The van der Waals surface area contributed by atoms with Gasteiger partial charge in [-0.15, -0.1) is 0 Å². The first-order valence-corrected chi connectivity index (χ1v) is 22.8. The van der Waals surface area contributed by atoms with Gasteiger partial charge in [-0.2, -0.15) is 0 Å². The Hall–Kier alpha value is -8.40. The number of aromatic nitrogens is 3. The molecule has 0 radical (unpaired) electrons. The van der Waals surface area contributed by atoms with Crippen molar-refractivity contribution < 1.29 is 0 Å². The highest BCUT2D eigenvalue weighted by Gasteiger charge is 2.37. The predicted molar refractivity (Wildman–Crippen MR) is 276 cm³/mol. The molecular formula is C63H43N3. The van der Waals surface area contributed by atoms with Gasteiger partial charge in [0.05, 0.1) is 28.1 Å². The summed E-state index contributed by atoms with van der Waals surface area (Å²) in [6.45, 7) is 4.74. The Kier molecular flexibility index (Phi) is 8.56. The Bertz CT molecular complexity index is 3840. The van der Waals surface area contributed by atoms with Gasteiger partial charge in [-0.05, 0) is 96.9 Å². The first-order chi connectivity index (χ1) is 32.5. The second-order valence-corrected chi connectivity index (χ2v) is 18.1. The Labute approximate surface area is 384 Å². The molecule has 0 fully saturated rings. The van der Waals surface area contributed by atoms with E-state index in [-0.39, 0.29) is 5.41 Å². The normalized spacial score (nSPS) is 12.8. The Morgan fingerprint density at radius 2 is 0.909 bits per heavy atom. The van der Waals surface area contributed by atoms with Gasteiger partial charge in [0.1, 0.15) is 0 Å². The Morgan fingerprint density at radius 1 is 0.348 bits per heavy atom. The summed E-state index contributed by atoms with van der Waals surface area (Å²) < 4.78 is 2.40. The molecule has 0 aliphatic heterocycles. The highest BCUT2D eigenvalue weighted by Crippen LogP contribution is 2.54. The third-order valence-electron chi connectivity index (χ3n) is 14.0. The van der Waals surface area contributed by atoms with Crippen molar-refractivity contribution in [2.75, 3.05) is 0 Å².